The number of aromatic hydroxyl groups is 1. The molecule has 3 saturated heterocycles. The van der Waals surface area contributed by atoms with Crippen molar-refractivity contribution in [3.05, 3.63) is 81.7 Å². The molecule has 410 valence electrons. The third kappa shape index (κ3) is 29.4. The van der Waals surface area contributed by atoms with E-state index in [9.17, 15) is 43.9 Å². The molecule has 1 N–H and O–H groups in total. The summed E-state index contributed by atoms with van der Waals surface area (Å²) in [6.07, 6.45) is -13.3. The number of hydrogen-bond acceptors (Lipinski definition) is 12. The van der Waals surface area contributed by atoms with Crippen LogP contribution in [0.25, 0.3) is 0 Å². The first-order valence-electron chi connectivity index (χ1n) is 22.1. The quantitative estimate of drug-likeness (QED) is 0.100. The average molecular weight is 1260 g/mol. The maximum atomic E-state index is 12.1. The topological polar surface area (TPSA) is 143 Å². The SMILES string of the molecule is CC1(C)OB(B2OC(C)(C)C(C)(C)O2)OC1(C)C.CC1(C)OB(c2ccc(OCC(F)(F)F)cc2)OC1(C)C.CCC(F)(F)F.FC(F)(F)COc1ccc(Br)cc1.O=CO[O-].Oc1ccc(Br)cc1.[2H]CF.[H-].[K+].[K+]. The van der Waals surface area contributed by atoms with E-state index < -0.39 is 77.7 Å². The van der Waals surface area contributed by atoms with Crippen LogP contribution >= 0.6 is 31.9 Å². The zero-order valence-corrected chi connectivity index (χ0v) is 53.5. The smallest absolute Gasteiger partial charge is 1.00 e. The van der Waals surface area contributed by atoms with Crippen molar-refractivity contribution >= 4 is 64.9 Å². The number of phenols is 1. The number of rotatable bonds is 7. The molecule has 0 saturated carbocycles. The Morgan fingerprint density at radius 1 is 0.581 bits per heavy atom. The van der Waals surface area contributed by atoms with Gasteiger partial charge >= 0.3 is 142 Å². The molecule has 0 atom stereocenters. The summed E-state index contributed by atoms with van der Waals surface area (Å²) < 4.78 is 166. The van der Waals surface area contributed by atoms with Gasteiger partial charge in [0, 0.05) is 15.4 Å². The van der Waals surface area contributed by atoms with Crippen LogP contribution in [-0.2, 0) is 37.6 Å². The Morgan fingerprint density at radius 2 is 0.824 bits per heavy atom. The van der Waals surface area contributed by atoms with Gasteiger partial charge in [-0.25, -0.2) is 0 Å². The summed E-state index contributed by atoms with van der Waals surface area (Å²) in [5.41, 5.74) is -1.61. The molecular formula is C45H63B3Br2F10K2O12. The minimum atomic E-state index is -4.34. The van der Waals surface area contributed by atoms with E-state index in [1.54, 1.807) is 48.5 Å². The van der Waals surface area contributed by atoms with Gasteiger partial charge < -0.3 is 54.1 Å². The maximum Gasteiger partial charge on any atom is 1.00 e. The van der Waals surface area contributed by atoms with Crippen molar-refractivity contribution in [2.24, 2.45) is 0 Å². The minimum absolute atomic E-state index is 0. The maximum absolute atomic E-state index is 12.1. The first-order chi connectivity index (χ1) is 33.0. The van der Waals surface area contributed by atoms with Crippen molar-refractivity contribution in [1.82, 2.24) is 0 Å². The first-order valence-corrected chi connectivity index (χ1v) is 23.0. The molecule has 0 radical (unpaired) electrons. The molecule has 29 heteroatoms. The summed E-state index contributed by atoms with van der Waals surface area (Å²) in [5, 5.41) is 17.2. The Bertz CT molecular complexity index is 1950. The Hall–Kier alpha value is -0.0225. The fourth-order valence-corrected chi connectivity index (χ4v) is 5.53. The number of alkyl halides is 10. The molecule has 3 aliphatic heterocycles. The van der Waals surface area contributed by atoms with Crippen molar-refractivity contribution in [2.45, 2.75) is 149 Å². The number of carbonyl (C=O) groups is 1. The second-order valence-corrected chi connectivity index (χ2v) is 20.1. The molecule has 6 rings (SSSR count). The van der Waals surface area contributed by atoms with E-state index in [-0.39, 0.29) is 145 Å². The van der Waals surface area contributed by atoms with Gasteiger partial charge in [-0.2, -0.15) is 39.5 Å². The predicted octanol–water partition coefficient (Wildman–Crippen LogP) is 5.82. The largest absolute Gasteiger partial charge is 1.00 e. The second-order valence-electron chi connectivity index (χ2n) is 18.3. The number of benzene rings is 3. The molecule has 74 heavy (non-hydrogen) atoms. The van der Waals surface area contributed by atoms with E-state index >= 15 is 0 Å². The molecule has 3 fully saturated rings. The minimum Gasteiger partial charge on any atom is -1.00 e. The fraction of sp³-hybridized carbons (Fsp3) is 0.578. The number of carbonyl (C=O) groups excluding carboxylic acids is 1. The van der Waals surface area contributed by atoms with Crippen molar-refractivity contribution in [3.8, 4) is 17.2 Å². The molecule has 0 bridgehead atoms. The molecule has 12 nitrogen and oxygen atoms in total. The zero-order valence-electron chi connectivity index (χ0n) is 46.0. The Morgan fingerprint density at radius 3 is 1.05 bits per heavy atom. The number of hydrogen-bond donors (Lipinski definition) is 1. The van der Waals surface area contributed by atoms with E-state index in [4.69, 9.17) is 44.5 Å². The predicted molar refractivity (Wildman–Crippen MR) is 259 cm³/mol. The molecule has 3 aromatic carbocycles. The van der Waals surface area contributed by atoms with Crippen molar-refractivity contribution < 1.29 is 207 Å². The summed E-state index contributed by atoms with van der Waals surface area (Å²) in [7, 11) is -2.49. The molecule has 0 aromatic heterocycles. The van der Waals surface area contributed by atoms with Gasteiger partial charge in [0.2, 0.25) is 0 Å². The molecule has 3 heterocycles. The third-order valence-electron chi connectivity index (χ3n) is 11.1. The zero-order chi connectivity index (χ0) is 57.1. The van der Waals surface area contributed by atoms with Gasteiger partial charge in [-0.05, 0) is 149 Å². The van der Waals surface area contributed by atoms with E-state index in [2.05, 4.69) is 46.2 Å². The molecular weight excluding hydrogens is 1190 g/mol. The summed E-state index contributed by atoms with van der Waals surface area (Å²) in [5.74, 6) is 0.668. The van der Waals surface area contributed by atoms with Crippen LogP contribution in [0.15, 0.2) is 81.7 Å². The van der Waals surface area contributed by atoms with E-state index in [1.807, 2.05) is 83.1 Å². The van der Waals surface area contributed by atoms with Crippen LogP contribution in [0.3, 0.4) is 0 Å². The normalized spacial score (nSPS) is 18.1. The van der Waals surface area contributed by atoms with Gasteiger partial charge in [0.25, 0.3) is 6.47 Å². The fourth-order valence-electron chi connectivity index (χ4n) is 5.00. The molecule has 0 unspecified atom stereocenters. The van der Waals surface area contributed by atoms with Crippen LogP contribution in [0.1, 0.15) is 99.2 Å². The van der Waals surface area contributed by atoms with Gasteiger partial charge in [0.1, 0.15) is 17.2 Å². The van der Waals surface area contributed by atoms with Crippen LogP contribution in [0, 0.1) is 0 Å². The number of halogens is 12. The van der Waals surface area contributed by atoms with Crippen LogP contribution in [0.5, 0.6) is 17.2 Å². The molecule has 0 amide bonds. The Balaban J connectivity index is -0.000000429. The van der Waals surface area contributed by atoms with Gasteiger partial charge in [-0.1, -0.05) is 50.9 Å². The van der Waals surface area contributed by atoms with Crippen LogP contribution in [-0.4, -0.2) is 105 Å². The molecule has 3 aliphatic rings. The summed E-state index contributed by atoms with van der Waals surface area (Å²) in [4.78, 5) is 11.2. The van der Waals surface area contributed by atoms with Crippen LogP contribution in [0.2, 0.25) is 0 Å². The van der Waals surface area contributed by atoms with Gasteiger partial charge in [-0.3, -0.25) is 9.18 Å². The van der Waals surface area contributed by atoms with Gasteiger partial charge in [0.05, 0.1) is 42.1 Å². The monoisotopic (exact) mass is 1260 g/mol. The van der Waals surface area contributed by atoms with Gasteiger partial charge in [0.15, 0.2) is 13.2 Å². The second kappa shape index (κ2) is 33.7. The molecule has 0 aliphatic carbocycles. The van der Waals surface area contributed by atoms with E-state index in [1.165, 1.54) is 24.3 Å². The van der Waals surface area contributed by atoms with Crippen molar-refractivity contribution in [2.75, 3.05) is 20.4 Å². The number of phenolic OH excluding ortho intramolecular Hbond substituents is 1. The molecule has 3 aromatic rings. The van der Waals surface area contributed by atoms with E-state index in [0.29, 0.717) is 5.75 Å². The van der Waals surface area contributed by atoms with Crippen LogP contribution < -0.4 is 123 Å². The average Bonchev–Trinajstić information content (AvgIpc) is 3.73. The van der Waals surface area contributed by atoms with Crippen molar-refractivity contribution in [3.63, 3.8) is 0 Å². The summed E-state index contributed by atoms with van der Waals surface area (Å²) >= 11 is 6.39. The van der Waals surface area contributed by atoms with E-state index in [0.717, 1.165) is 21.3 Å². The summed E-state index contributed by atoms with van der Waals surface area (Å²) in [6, 6.07) is 19.3. The Kier molecular flexibility index (Phi) is 34.6. The molecule has 0 spiro atoms. The van der Waals surface area contributed by atoms with Crippen molar-refractivity contribution in [1.29, 1.82) is 0 Å². The first kappa shape index (κ1) is 76.0. The number of ether oxygens (including phenoxy) is 2. The standard InChI is InChI=1S/C14H18BF3O3.C12H24B2O4.C8H6BrF3O.C6H5BrO.C3H5F3.CH3F.CH2O3.2K.H/c1-12(2)13(3,4)21-15(20-12)10-5-7-11(8-6-10)19-9-14(16,17)18;1-9(2)10(3,4)16-13(15-9)14-17-11(5,6)12(7,8)18-14;9-6-1-3-7(4-2-6)13-5-8(10,11)12;7-5-1-3-6(8)4-2-5;1-2-3(4,5)6;1-2;2-1-4-3;;;/h5-8H,9H2,1-4H3;1-8H3;1-4H,5H2;1-4,8H;2H2,1H3;1H3;1,3H;;;/q;;;;;;;2*+1;-1/p-1/i;;;;;1D;;;;. The Labute approximate surface area is 533 Å². The summed E-state index contributed by atoms with van der Waals surface area (Å²) in [6.45, 7) is 22.3. The third-order valence-corrected chi connectivity index (χ3v) is 12.1. The van der Waals surface area contributed by atoms with Gasteiger partial charge in [-0.15, -0.1) is 0 Å². The van der Waals surface area contributed by atoms with Crippen LogP contribution in [0.4, 0.5) is 43.9 Å².